The average Bonchev–Trinajstić information content (AvgIpc) is 2.36. The van der Waals surface area contributed by atoms with Gasteiger partial charge in [0.05, 0.1) is 6.10 Å². The molecule has 0 aliphatic carbocycles. The number of nitrogens with one attached hydrogen (secondary N) is 1. The van der Waals surface area contributed by atoms with E-state index >= 15 is 0 Å². The Labute approximate surface area is 75.8 Å². The van der Waals surface area contributed by atoms with Crippen molar-refractivity contribution in [2.24, 2.45) is 0 Å². The summed E-state index contributed by atoms with van der Waals surface area (Å²) >= 11 is 1.35. The number of aliphatic hydroxyl groups is 2. The van der Waals surface area contributed by atoms with Crippen LogP contribution in [0.5, 0.6) is 0 Å². The first-order valence-electron chi connectivity index (χ1n) is 2.94. The summed E-state index contributed by atoms with van der Waals surface area (Å²) in [5.41, 5.74) is 0. The summed E-state index contributed by atoms with van der Waals surface area (Å²) in [6.07, 6.45) is 0.0456. The lowest BCUT2D eigenvalue weighted by molar-refractivity contribution is -0.0607. The molecule has 3 N–H and O–H groups in total. The van der Waals surface area contributed by atoms with Crippen LogP contribution in [0.25, 0.3) is 0 Å². The Balaban J connectivity index is 0.000001000. The van der Waals surface area contributed by atoms with Gasteiger partial charge in [-0.2, -0.15) is 4.83 Å². The van der Waals surface area contributed by atoms with Gasteiger partial charge in [0.15, 0.2) is 6.23 Å². The van der Waals surface area contributed by atoms with Gasteiger partial charge in [-0.1, -0.05) is 0 Å². The zero-order valence-corrected chi connectivity index (χ0v) is 7.60. The Bertz CT molecular complexity index is 144. The van der Waals surface area contributed by atoms with Crippen molar-refractivity contribution in [3.05, 3.63) is 11.6 Å². The second kappa shape index (κ2) is 4.84. The van der Waals surface area contributed by atoms with Crippen molar-refractivity contribution in [1.29, 1.82) is 0 Å². The number of hydrogen-bond acceptors (Lipinski definition) is 5. The molecule has 0 bridgehead atoms. The van der Waals surface area contributed by atoms with Crippen LogP contribution < -0.4 is 4.83 Å². The van der Waals surface area contributed by atoms with Crippen molar-refractivity contribution >= 4 is 24.4 Å². The standard InChI is InChI=1S/C5H10N2O2S.ClH/c1-4(8)5(9)7-2-3-10-6-7;/h2-6,8-9H,1H3;1H. The second-order valence-electron chi connectivity index (χ2n) is 2.06. The molecule has 2 unspecified atom stereocenters. The molecule has 0 aromatic carbocycles. The fraction of sp³-hybridized carbons (Fsp3) is 0.600. The highest BCUT2D eigenvalue weighted by Gasteiger charge is 2.18. The summed E-state index contributed by atoms with van der Waals surface area (Å²) in [6, 6.07) is 0. The van der Waals surface area contributed by atoms with Gasteiger partial charge in [-0.25, -0.2) is 0 Å². The van der Waals surface area contributed by atoms with Crippen molar-refractivity contribution in [3.8, 4) is 0 Å². The van der Waals surface area contributed by atoms with E-state index in [0.717, 1.165) is 0 Å². The van der Waals surface area contributed by atoms with Crippen molar-refractivity contribution < 1.29 is 10.2 Å². The minimum atomic E-state index is -0.869. The SMILES string of the molecule is CC(O)C(O)N1C=CSN1.Cl. The quantitative estimate of drug-likeness (QED) is 0.548. The first-order chi connectivity index (χ1) is 4.72. The van der Waals surface area contributed by atoms with Crippen LogP contribution in [0.3, 0.4) is 0 Å². The third kappa shape index (κ3) is 2.88. The van der Waals surface area contributed by atoms with Crippen LogP contribution in [0, 0.1) is 0 Å². The lowest BCUT2D eigenvalue weighted by Crippen LogP contribution is -2.42. The Kier molecular flexibility index (Phi) is 4.87. The van der Waals surface area contributed by atoms with Crippen LogP contribution in [-0.4, -0.2) is 27.6 Å². The van der Waals surface area contributed by atoms with Gasteiger partial charge in [0.1, 0.15) is 0 Å². The van der Waals surface area contributed by atoms with E-state index in [1.807, 2.05) is 0 Å². The van der Waals surface area contributed by atoms with Gasteiger partial charge in [0.2, 0.25) is 0 Å². The second-order valence-corrected chi connectivity index (χ2v) is 2.75. The van der Waals surface area contributed by atoms with E-state index in [0.29, 0.717) is 0 Å². The van der Waals surface area contributed by atoms with E-state index in [-0.39, 0.29) is 12.4 Å². The normalized spacial score (nSPS) is 21.2. The number of aliphatic hydroxyl groups excluding tert-OH is 2. The Morgan fingerprint density at radius 2 is 2.18 bits per heavy atom. The molecule has 0 aromatic heterocycles. The molecule has 0 saturated heterocycles. The summed E-state index contributed by atoms with van der Waals surface area (Å²) in [5.74, 6) is 0. The third-order valence-corrected chi connectivity index (χ3v) is 1.74. The van der Waals surface area contributed by atoms with Crippen molar-refractivity contribution in [2.75, 3.05) is 0 Å². The lowest BCUT2D eigenvalue weighted by Gasteiger charge is -2.23. The first-order valence-corrected chi connectivity index (χ1v) is 3.82. The van der Waals surface area contributed by atoms with Gasteiger partial charge in [-0.15, -0.1) is 12.4 Å². The molecule has 0 fully saturated rings. The molecule has 66 valence electrons. The van der Waals surface area contributed by atoms with E-state index in [9.17, 15) is 5.11 Å². The van der Waals surface area contributed by atoms with Crippen molar-refractivity contribution in [1.82, 2.24) is 9.84 Å². The molecule has 1 aliphatic heterocycles. The van der Waals surface area contributed by atoms with Crippen LogP contribution in [0.4, 0.5) is 0 Å². The molecule has 0 saturated carbocycles. The molecule has 11 heavy (non-hydrogen) atoms. The lowest BCUT2D eigenvalue weighted by atomic mass is 10.3. The van der Waals surface area contributed by atoms with Crippen molar-refractivity contribution in [3.63, 3.8) is 0 Å². The molecule has 1 rings (SSSR count). The number of hydrazine groups is 1. The molecule has 4 nitrogen and oxygen atoms in total. The zero-order chi connectivity index (χ0) is 7.56. The topological polar surface area (TPSA) is 55.7 Å². The highest BCUT2D eigenvalue weighted by atomic mass is 35.5. The van der Waals surface area contributed by atoms with Crippen LogP contribution in [0.1, 0.15) is 6.92 Å². The predicted molar refractivity (Wildman–Crippen MR) is 46.6 cm³/mol. The van der Waals surface area contributed by atoms with Gasteiger partial charge in [0.25, 0.3) is 0 Å². The zero-order valence-electron chi connectivity index (χ0n) is 5.97. The van der Waals surface area contributed by atoms with Gasteiger partial charge < -0.3 is 10.2 Å². The molecule has 1 heterocycles. The molecular formula is C5H11ClN2O2S. The van der Waals surface area contributed by atoms with E-state index in [4.69, 9.17) is 5.11 Å². The summed E-state index contributed by atoms with van der Waals surface area (Å²) in [6.45, 7) is 1.53. The molecule has 0 spiro atoms. The van der Waals surface area contributed by atoms with E-state index in [1.54, 1.807) is 11.6 Å². The van der Waals surface area contributed by atoms with Gasteiger partial charge in [-0.3, -0.25) is 5.01 Å². The molecule has 0 amide bonds. The Morgan fingerprint density at radius 1 is 1.55 bits per heavy atom. The molecule has 0 radical (unpaired) electrons. The fourth-order valence-corrected chi connectivity index (χ4v) is 1.14. The third-order valence-electron chi connectivity index (χ3n) is 1.16. The predicted octanol–water partition coefficient (Wildman–Crippen LogP) is 0.0470. The fourth-order valence-electron chi connectivity index (χ4n) is 0.592. The monoisotopic (exact) mass is 198 g/mol. The highest BCUT2D eigenvalue weighted by molar-refractivity contribution is 8.00. The first kappa shape index (κ1) is 11.1. The summed E-state index contributed by atoms with van der Waals surface area (Å²) < 4.78 is 0. The van der Waals surface area contributed by atoms with Gasteiger partial charge in [0, 0.05) is 11.6 Å². The highest BCUT2D eigenvalue weighted by Crippen LogP contribution is 2.11. The maximum atomic E-state index is 9.18. The van der Waals surface area contributed by atoms with Crippen LogP contribution in [-0.2, 0) is 0 Å². The van der Waals surface area contributed by atoms with Crippen LogP contribution >= 0.6 is 24.4 Å². The molecule has 1 aliphatic rings. The molecule has 2 atom stereocenters. The maximum Gasteiger partial charge on any atom is 0.166 e. The maximum absolute atomic E-state index is 9.18. The van der Waals surface area contributed by atoms with E-state index in [2.05, 4.69) is 4.83 Å². The summed E-state index contributed by atoms with van der Waals surface area (Å²) in [5, 5.41) is 21.3. The average molecular weight is 199 g/mol. The Morgan fingerprint density at radius 3 is 2.55 bits per heavy atom. The van der Waals surface area contributed by atoms with Gasteiger partial charge >= 0.3 is 0 Å². The number of nitrogens with zero attached hydrogens (tertiary/aromatic N) is 1. The molecular weight excluding hydrogens is 188 g/mol. The minimum Gasteiger partial charge on any atom is -0.389 e. The largest absolute Gasteiger partial charge is 0.389 e. The number of rotatable bonds is 2. The van der Waals surface area contributed by atoms with Crippen LogP contribution in [0.2, 0.25) is 0 Å². The summed E-state index contributed by atoms with van der Waals surface area (Å²) in [4.78, 5) is 2.77. The van der Waals surface area contributed by atoms with Crippen molar-refractivity contribution in [2.45, 2.75) is 19.3 Å². The van der Waals surface area contributed by atoms with E-state index < -0.39 is 12.3 Å². The van der Waals surface area contributed by atoms with Crippen LogP contribution in [0.15, 0.2) is 11.6 Å². The Hall–Kier alpha value is 0.0600. The smallest absolute Gasteiger partial charge is 0.166 e. The molecule has 6 heteroatoms. The van der Waals surface area contributed by atoms with E-state index in [1.165, 1.54) is 23.9 Å². The number of hydrogen-bond donors (Lipinski definition) is 3. The molecule has 0 aromatic rings. The van der Waals surface area contributed by atoms with Gasteiger partial charge in [-0.05, 0) is 18.9 Å². The number of halogens is 1. The minimum absolute atomic E-state index is 0. The summed E-state index contributed by atoms with van der Waals surface area (Å²) in [7, 11) is 0.